The zero-order valence-corrected chi connectivity index (χ0v) is 15.8. The van der Waals surface area contributed by atoms with E-state index in [0.29, 0.717) is 30.3 Å². The van der Waals surface area contributed by atoms with Crippen LogP contribution in [0.15, 0.2) is 18.2 Å². The van der Waals surface area contributed by atoms with Gasteiger partial charge in [-0.1, -0.05) is 25.7 Å². The highest BCUT2D eigenvalue weighted by Gasteiger charge is 2.16. The summed E-state index contributed by atoms with van der Waals surface area (Å²) in [7, 11) is 0. The van der Waals surface area contributed by atoms with Gasteiger partial charge >= 0.3 is 0 Å². The van der Waals surface area contributed by atoms with Crippen LogP contribution in [0.5, 0.6) is 11.5 Å². The van der Waals surface area contributed by atoms with Crippen LogP contribution in [0, 0.1) is 0 Å². The van der Waals surface area contributed by atoms with E-state index in [2.05, 4.69) is 10.6 Å². The van der Waals surface area contributed by atoms with Crippen molar-refractivity contribution in [2.24, 2.45) is 0 Å². The third-order valence-electron chi connectivity index (χ3n) is 4.44. The van der Waals surface area contributed by atoms with Crippen LogP contribution in [0.1, 0.15) is 62.7 Å². The minimum Gasteiger partial charge on any atom is -0.490 e. The first-order valence-electron chi connectivity index (χ1n) is 9.61. The van der Waals surface area contributed by atoms with E-state index in [1.165, 1.54) is 12.8 Å². The van der Waals surface area contributed by atoms with Crippen molar-refractivity contribution in [2.75, 3.05) is 19.8 Å². The van der Waals surface area contributed by atoms with Crippen molar-refractivity contribution in [1.82, 2.24) is 10.6 Å². The van der Waals surface area contributed by atoms with E-state index in [4.69, 9.17) is 9.47 Å². The van der Waals surface area contributed by atoms with Gasteiger partial charge in [-0.2, -0.15) is 0 Å². The van der Waals surface area contributed by atoms with Crippen molar-refractivity contribution < 1.29 is 19.1 Å². The molecule has 2 N–H and O–H groups in total. The number of hydrogen-bond acceptors (Lipinski definition) is 4. The van der Waals surface area contributed by atoms with Crippen LogP contribution < -0.4 is 20.1 Å². The van der Waals surface area contributed by atoms with Crippen LogP contribution >= 0.6 is 0 Å². The molecule has 1 aromatic rings. The summed E-state index contributed by atoms with van der Waals surface area (Å²) in [6.07, 6.45) is 6.84. The molecule has 0 unspecified atom stereocenters. The van der Waals surface area contributed by atoms with Gasteiger partial charge in [-0.05, 0) is 44.9 Å². The minimum atomic E-state index is -0.301. The first kappa shape index (κ1) is 20.1. The molecule has 6 nitrogen and oxygen atoms in total. The highest BCUT2D eigenvalue weighted by atomic mass is 16.5. The van der Waals surface area contributed by atoms with E-state index < -0.39 is 0 Å². The van der Waals surface area contributed by atoms with Crippen LogP contribution in [-0.4, -0.2) is 37.6 Å². The lowest BCUT2D eigenvalue weighted by molar-refractivity contribution is -0.120. The van der Waals surface area contributed by atoms with E-state index in [9.17, 15) is 9.59 Å². The Morgan fingerprint density at radius 1 is 1.00 bits per heavy atom. The third-order valence-corrected chi connectivity index (χ3v) is 4.44. The Morgan fingerprint density at radius 3 is 2.31 bits per heavy atom. The number of amides is 2. The van der Waals surface area contributed by atoms with E-state index >= 15 is 0 Å². The lowest BCUT2D eigenvalue weighted by Gasteiger charge is -2.16. The van der Waals surface area contributed by atoms with Crippen molar-refractivity contribution >= 4 is 11.8 Å². The van der Waals surface area contributed by atoms with Crippen molar-refractivity contribution in [3.8, 4) is 11.5 Å². The van der Waals surface area contributed by atoms with Crippen LogP contribution in [0.2, 0.25) is 0 Å². The maximum Gasteiger partial charge on any atom is 0.251 e. The normalized spacial score (nSPS) is 15.0. The predicted molar refractivity (Wildman–Crippen MR) is 101 cm³/mol. The van der Waals surface area contributed by atoms with Crippen molar-refractivity contribution in [2.45, 2.75) is 58.4 Å². The third kappa shape index (κ3) is 6.24. The van der Waals surface area contributed by atoms with Gasteiger partial charge in [-0.15, -0.1) is 0 Å². The summed E-state index contributed by atoms with van der Waals surface area (Å²) >= 11 is 0. The molecule has 0 heterocycles. The molecule has 0 aromatic heterocycles. The molecule has 0 saturated heterocycles. The number of nitrogens with one attached hydrogen (secondary N) is 2. The van der Waals surface area contributed by atoms with Gasteiger partial charge in [0.1, 0.15) is 0 Å². The summed E-state index contributed by atoms with van der Waals surface area (Å²) < 4.78 is 11.0. The molecule has 0 aliphatic heterocycles. The molecular formula is C20H30N2O4. The molecule has 1 aromatic carbocycles. The molecule has 0 atom stereocenters. The second-order valence-corrected chi connectivity index (χ2v) is 6.47. The maximum absolute atomic E-state index is 12.3. The standard InChI is InChI=1S/C20H30N2O4/c1-3-25-17-12-11-15(13-18(17)26-4-2)20(24)21-14-19(23)22-16-9-7-5-6-8-10-16/h11-13,16H,3-10,14H2,1-2H3,(H,21,24)(H,22,23). The van der Waals surface area contributed by atoms with Crippen molar-refractivity contribution in [1.29, 1.82) is 0 Å². The predicted octanol–water partition coefficient (Wildman–Crippen LogP) is 3.05. The number of benzene rings is 1. The first-order valence-corrected chi connectivity index (χ1v) is 9.61. The fraction of sp³-hybridized carbons (Fsp3) is 0.600. The molecular weight excluding hydrogens is 332 g/mol. The maximum atomic E-state index is 12.3. The molecule has 0 radical (unpaired) electrons. The average Bonchev–Trinajstić information content (AvgIpc) is 2.90. The Balaban J connectivity index is 1.88. The largest absolute Gasteiger partial charge is 0.490 e. The van der Waals surface area contributed by atoms with Crippen LogP contribution in [-0.2, 0) is 4.79 Å². The molecule has 2 amide bonds. The Labute approximate surface area is 155 Å². The first-order chi connectivity index (χ1) is 12.6. The molecule has 0 bridgehead atoms. The summed E-state index contributed by atoms with van der Waals surface area (Å²) in [5, 5.41) is 5.70. The molecule has 1 aliphatic rings. The quantitative estimate of drug-likeness (QED) is 0.697. The molecule has 6 heteroatoms. The second-order valence-electron chi connectivity index (χ2n) is 6.47. The summed E-state index contributed by atoms with van der Waals surface area (Å²) in [5.41, 5.74) is 0.444. The topological polar surface area (TPSA) is 76.7 Å². The van der Waals surface area contributed by atoms with E-state index in [-0.39, 0.29) is 24.4 Å². The SMILES string of the molecule is CCOc1ccc(C(=O)NCC(=O)NC2CCCCCC2)cc1OCC. The zero-order valence-electron chi connectivity index (χ0n) is 15.8. The molecule has 26 heavy (non-hydrogen) atoms. The Kier molecular flexibility index (Phi) is 8.25. The summed E-state index contributed by atoms with van der Waals surface area (Å²) in [5.74, 6) is 0.702. The molecule has 1 aliphatic carbocycles. The molecule has 0 spiro atoms. The number of carbonyl (C=O) groups is 2. The fourth-order valence-corrected chi connectivity index (χ4v) is 3.16. The highest BCUT2D eigenvalue weighted by molar-refractivity contribution is 5.97. The number of hydrogen-bond donors (Lipinski definition) is 2. The van der Waals surface area contributed by atoms with Crippen molar-refractivity contribution in [3.63, 3.8) is 0 Å². The summed E-state index contributed by atoms with van der Waals surface area (Å²) in [4.78, 5) is 24.4. The van der Waals surface area contributed by atoms with Gasteiger partial charge in [-0.3, -0.25) is 9.59 Å². The zero-order chi connectivity index (χ0) is 18.8. The molecule has 1 fully saturated rings. The Bertz CT molecular complexity index is 595. The lowest BCUT2D eigenvalue weighted by atomic mass is 10.1. The molecule has 2 rings (SSSR count). The van der Waals surface area contributed by atoms with Crippen LogP contribution in [0.3, 0.4) is 0 Å². The van der Waals surface area contributed by atoms with E-state index in [1.54, 1.807) is 18.2 Å². The van der Waals surface area contributed by atoms with E-state index in [0.717, 1.165) is 25.7 Å². The number of rotatable bonds is 8. The Morgan fingerprint density at radius 2 is 1.65 bits per heavy atom. The molecule has 144 valence electrons. The van der Waals surface area contributed by atoms with Gasteiger partial charge < -0.3 is 20.1 Å². The number of carbonyl (C=O) groups excluding carboxylic acids is 2. The minimum absolute atomic E-state index is 0.0213. The monoisotopic (exact) mass is 362 g/mol. The lowest BCUT2D eigenvalue weighted by Crippen LogP contribution is -2.41. The summed E-state index contributed by atoms with van der Waals surface area (Å²) in [6.45, 7) is 4.75. The molecule has 1 saturated carbocycles. The van der Waals surface area contributed by atoms with E-state index in [1.807, 2.05) is 13.8 Å². The fourth-order valence-electron chi connectivity index (χ4n) is 3.16. The van der Waals surface area contributed by atoms with Gasteiger partial charge in [0.25, 0.3) is 5.91 Å². The number of ether oxygens (including phenoxy) is 2. The van der Waals surface area contributed by atoms with Crippen LogP contribution in [0.25, 0.3) is 0 Å². The Hall–Kier alpha value is -2.24. The smallest absolute Gasteiger partial charge is 0.251 e. The summed E-state index contributed by atoms with van der Waals surface area (Å²) in [6, 6.07) is 5.27. The second kappa shape index (κ2) is 10.7. The van der Waals surface area contributed by atoms with Gasteiger partial charge in [0.15, 0.2) is 11.5 Å². The van der Waals surface area contributed by atoms with Gasteiger partial charge in [0.05, 0.1) is 19.8 Å². The average molecular weight is 362 g/mol. The van der Waals surface area contributed by atoms with Gasteiger partial charge in [-0.25, -0.2) is 0 Å². The van der Waals surface area contributed by atoms with Crippen LogP contribution in [0.4, 0.5) is 0 Å². The van der Waals surface area contributed by atoms with Crippen molar-refractivity contribution in [3.05, 3.63) is 23.8 Å². The van der Waals surface area contributed by atoms with Gasteiger partial charge in [0, 0.05) is 11.6 Å². The highest BCUT2D eigenvalue weighted by Crippen LogP contribution is 2.28. The van der Waals surface area contributed by atoms with Gasteiger partial charge in [0.2, 0.25) is 5.91 Å².